The Kier molecular flexibility index (Phi) is 12.0. The average molecular weight is 255 g/mol. The highest BCUT2D eigenvalue weighted by Crippen LogP contribution is 2.13. The van der Waals surface area contributed by atoms with Crippen LogP contribution < -0.4 is 5.73 Å². The zero-order valence-electron chi connectivity index (χ0n) is 11.9. The molecule has 0 unspecified atom stereocenters. The molecule has 0 aromatic carbocycles. The molecule has 0 fully saturated rings. The predicted octanol–water partition coefficient (Wildman–Crippen LogP) is 3.58. The van der Waals surface area contributed by atoms with Gasteiger partial charge in [-0.2, -0.15) is 0 Å². The first-order valence-corrected chi connectivity index (χ1v) is 7.14. The van der Waals surface area contributed by atoms with Crippen molar-refractivity contribution in [3.05, 3.63) is 12.2 Å². The van der Waals surface area contributed by atoms with Crippen LogP contribution in [0.15, 0.2) is 12.2 Å². The van der Waals surface area contributed by atoms with Gasteiger partial charge >= 0.3 is 5.97 Å². The zero-order chi connectivity index (χ0) is 13.6. The van der Waals surface area contributed by atoms with Crippen molar-refractivity contribution in [3.63, 3.8) is 0 Å². The van der Waals surface area contributed by atoms with Crippen LogP contribution in [-0.2, 0) is 9.53 Å². The van der Waals surface area contributed by atoms with Crippen molar-refractivity contribution >= 4 is 5.97 Å². The SMILES string of the molecule is C=C(CCN)CCCCCCCCCC(=O)OC. The molecule has 2 N–H and O–H groups in total. The molecular weight excluding hydrogens is 226 g/mol. The number of carbonyl (C=O) groups is 1. The molecule has 0 radical (unpaired) electrons. The Morgan fingerprint density at radius 2 is 1.44 bits per heavy atom. The first kappa shape index (κ1) is 17.2. The lowest BCUT2D eigenvalue weighted by atomic mass is 10.0. The number of ether oxygens (including phenoxy) is 1. The van der Waals surface area contributed by atoms with E-state index in [-0.39, 0.29) is 5.97 Å². The van der Waals surface area contributed by atoms with Crippen LogP contribution >= 0.6 is 0 Å². The van der Waals surface area contributed by atoms with Crippen molar-refractivity contribution < 1.29 is 9.53 Å². The van der Waals surface area contributed by atoms with Gasteiger partial charge in [0.25, 0.3) is 0 Å². The van der Waals surface area contributed by atoms with Crippen LogP contribution in [0.3, 0.4) is 0 Å². The van der Waals surface area contributed by atoms with Gasteiger partial charge in [0.1, 0.15) is 0 Å². The summed E-state index contributed by atoms with van der Waals surface area (Å²) in [5.41, 5.74) is 6.75. The smallest absolute Gasteiger partial charge is 0.305 e. The minimum Gasteiger partial charge on any atom is -0.469 e. The van der Waals surface area contributed by atoms with Gasteiger partial charge in [-0.3, -0.25) is 4.79 Å². The van der Waals surface area contributed by atoms with Crippen molar-refractivity contribution in [1.82, 2.24) is 0 Å². The van der Waals surface area contributed by atoms with Crippen molar-refractivity contribution in [2.24, 2.45) is 5.73 Å². The van der Waals surface area contributed by atoms with Crippen LogP contribution in [0.1, 0.15) is 64.2 Å². The van der Waals surface area contributed by atoms with Crippen molar-refractivity contribution in [3.8, 4) is 0 Å². The summed E-state index contributed by atoms with van der Waals surface area (Å²) < 4.78 is 4.60. The van der Waals surface area contributed by atoms with E-state index in [0.29, 0.717) is 6.42 Å². The Hall–Kier alpha value is -0.830. The third-order valence-corrected chi connectivity index (χ3v) is 3.14. The maximum absolute atomic E-state index is 10.9. The third kappa shape index (κ3) is 11.6. The van der Waals surface area contributed by atoms with Crippen molar-refractivity contribution in [2.75, 3.05) is 13.7 Å². The highest BCUT2D eigenvalue weighted by molar-refractivity contribution is 5.68. The summed E-state index contributed by atoms with van der Waals surface area (Å²) in [6, 6.07) is 0. The van der Waals surface area contributed by atoms with Crippen LogP contribution in [0.4, 0.5) is 0 Å². The number of methoxy groups -OCH3 is 1. The lowest BCUT2D eigenvalue weighted by molar-refractivity contribution is -0.140. The van der Waals surface area contributed by atoms with E-state index in [2.05, 4.69) is 11.3 Å². The summed E-state index contributed by atoms with van der Waals surface area (Å²) in [6.45, 7) is 4.72. The highest BCUT2D eigenvalue weighted by Gasteiger charge is 1.99. The van der Waals surface area contributed by atoms with E-state index in [4.69, 9.17) is 5.73 Å². The molecule has 18 heavy (non-hydrogen) atoms. The molecule has 0 aromatic rings. The van der Waals surface area contributed by atoms with Gasteiger partial charge in [0, 0.05) is 6.42 Å². The van der Waals surface area contributed by atoms with Crippen LogP contribution in [0.5, 0.6) is 0 Å². The number of carbonyl (C=O) groups excluding carboxylic acids is 1. The maximum Gasteiger partial charge on any atom is 0.305 e. The fourth-order valence-electron chi connectivity index (χ4n) is 1.96. The number of esters is 1. The topological polar surface area (TPSA) is 52.3 Å². The Labute approximate surface area is 112 Å². The van der Waals surface area contributed by atoms with Gasteiger partial charge in [0.2, 0.25) is 0 Å². The molecule has 0 aliphatic rings. The van der Waals surface area contributed by atoms with Gasteiger partial charge < -0.3 is 10.5 Å². The zero-order valence-corrected chi connectivity index (χ0v) is 11.9. The molecule has 0 saturated carbocycles. The molecule has 0 bridgehead atoms. The number of hydrogen-bond acceptors (Lipinski definition) is 3. The summed E-state index contributed by atoms with van der Waals surface area (Å²) in [5, 5.41) is 0. The lowest BCUT2D eigenvalue weighted by Crippen LogP contribution is -1.99. The van der Waals surface area contributed by atoms with Crippen LogP contribution in [0.25, 0.3) is 0 Å². The number of hydrogen-bond donors (Lipinski definition) is 1. The van der Waals surface area contributed by atoms with E-state index in [1.807, 2.05) is 0 Å². The molecular formula is C15H29NO2. The monoisotopic (exact) mass is 255 g/mol. The highest BCUT2D eigenvalue weighted by atomic mass is 16.5. The molecule has 3 nitrogen and oxygen atoms in total. The van der Waals surface area contributed by atoms with Crippen molar-refractivity contribution in [1.29, 1.82) is 0 Å². The average Bonchev–Trinajstić information content (AvgIpc) is 2.36. The molecule has 0 amide bonds. The first-order chi connectivity index (χ1) is 8.70. The van der Waals surface area contributed by atoms with E-state index in [1.54, 1.807) is 0 Å². The minimum absolute atomic E-state index is 0.0894. The first-order valence-electron chi connectivity index (χ1n) is 7.14. The summed E-state index contributed by atoms with van der Waals surface area (Å²) in [4.78, 5) is 10.9. The molecule has 0 atom stereocenters. The molecule has 0 aliphatic carbocycles. The number of unbranched alkanes of at least 4 members (excludes halogenated alkanes) is 6. The van der Waals surface area contributed by atoms with E-state index < -0.39 is 0 Å². The van der Waals surface area contributed by atoms with E-state index in [0.717, 1.165) is 32.2 Å². The Morgan fingerprint density at radius 1 is 0.944 bits per heavy atom. The van der Waals surface area contributed by atoms with Gasteiger partial charge in [0.15, 0.2) is 0 Å². The summed E-state index contributed by atoms with van der Waals surface area (Å²) in [5.74, 6) is -0.0894. The lowest BCUT2D eigenvalue weighted by Gasteiger charge is -2.04. The van der Waals surface area contributed by atoms with Crippen LogP contribution in [0.2, 0.25) is 0 Å². The number of nitrogens with two attached hydrogens (primary N) is 1. The molecule has 0 rings (SSSR count). The minimum atomic E-state index is -0.0894. The standard InChI is InChI=1S/C15H29NO2/c1-14(12-13-16)10-8-6-4-3-5-7-9-11-15(17)18-2/h1,3-13,16H2,2H3. The van der Waals surface area contributed by atoms with Gasteiger partial charge in [-0.25, -0.2) is 0 Å². The van der Waals surface area contributed by atoms with Crippen LogP contribution in [-0.4, -0.2) is 19.6 Å². The summed E-state index contributed by atoms with van der Waals surface area (Å²) in [6.07, 6.45) is 11.0. The largest absolute Gasteiger partial charge is 0.469 e. The molecule has 3 heteroatoms. The molecule has 0 aromatic heterocycles. The third-order valence-electron chi connectivity index (χ3n) is 3.14. The second-order valence-electron chi connectivity index (χ2n) is 4.84. The maximum atomic E-state index is 10.9. The van der Waals surface area contributed by atoms with Crippen molar-refractivity contribution in [2.45, 2.75) is 64.2 Å². The van der Waals surface area contributed by atoms with Gasteiger partial charge in [-0.05, 0) is 32.2 Å². The molecule has 0 spiro atoms. The Bertz CT molecular complexity index is 227. The van der Waals surface area contributed by atoms with Gasteiger partial charge in [-0.15, -0.1) is 0 Å². The molecule has 0 aliphatic heterocycles. The fourth-order valence-corrected chi connectivity index (χ4v) is 1.96. The van der Waals surface area contributed by atoms with Gasteiger partial charge in [-0.1, -0.05) is 44.3 Å². The van der Waals surface area contributed by atoms with Gasteiger partial charge in [0.05, 0.1) is 7.11 Å². The van der Waals surface area contributed by atoms with E-state index in [9.17, 15) is 4.79 Å². The summed E-state index contributed by atoms with van der Waals surface area (Å²) in [7, 11) is 1.45. The second-order valence-corrected chi connectivity index (χ2v) is 4.84. The Balaban J connectivity index is 3.12. The van der Waals surface area contributed by atoms with E-state index in [1.165, 1.54) is 44.8 Å². The second kappa shape index (κ2) is 12.6. The number of rotatable bonds is 12. The fraction of sp³-hybridized carbons (Fsp3) is 0.800. The predicted molar refractivity (Wildman–Crippen MR) is 76.4 cm³/mol. The summed E-state index contributed by atoms with van der Waals surface area (Å²) >= 11 is 0. The van der Waals surface area contributed by atoms with E-state index >= 15 is 0 Å². The molecule has 0 saturated heterocycles. The molecule has 106 valence electrons. The Morgan fingerprint density at radius 3 is 1.94 bits per heavy atom. The van der Waals surface area contributed by atoms with Crippen LogP contribution in [0, 0.1) is 0 Å². The quantitative estimate of drug-likeness (QED) is 0.329. The normalized spacial score (nSPS) is 10.3. The molecule has 0 heterocycles.